The van der Waals surface area contributed by atoms with Crippen molar-refractivity contribution in [2.75, 3.05) is 7.11 Å². The third-order valence-corrected chi connectivity index (χ3v) is 4.03. The van der Waals surface area contributed by atoms with Gasteiger partial charge in [-0.1, -0.05) is 30.3 Å². The highest BCUT2D eigenvalue weighted by Crippen LogP contribution is 2.49. The lowest BCUT2D eigenvalue weighted by atomic mass is 9.96. The minimum absolute atomic E-state index is 0.0667. The predicted octanol–water partition coefficient (Wildman–Crippen LogP) is 3.24. The summed E-state index contributed by atoms with van der Waals surface area (Å²) in [5, 5.41) is 11.2. The van der Waals surface area contributed by atoms with Gasteiger partial charge in [-0.05, 0) is 30.5 Å². The summed E-state index contributed by atoms with van der Waals surface area (Å²) < 4.78 is 10.3. The van der Waals surface area contributed by atoms with Crippen molar-refractivity contribution in [3.8, 4) is 11.5 Å². The molecule has 1 aliphatic rings. The molecule has 0 unspecified atom stereocenters. The molecule has 0 N–H and O–H groups in total. The number of hydrogen-bond acceptors (Lipinski definition) is 5. The Morgan fingerprint density at radius 3 is 2.43 bits per heavy atom. The summed E-state index contributed by atoms with van der Waals surface area (Å²) in [4.78, 5) is 23.1. The molecule has 0 bridgehead atoms. The first kappa shape index (κ1) is 15.0. The number of nitro groups is 1. The van der Waals surface area contributed by atoms with Crippen LogP contribution in [0.4, 0.5) is 5.69 Å². The molecule has 0 heterocycles. The normalized spacial score (nSPS) is 14.8. The maximum atomic E-state index is 12.6. The topological polar surface area (TPSA) is 78.7 Å². The maximum Gasteiger partial charge on any atom is 0.322 e. The van der Waals surface area contributed by atoms with Crippen LogP contribution in [0.5, 0.6) is 11.5 Å². The summed E-state index contributed by atoms with van der Waals surface area (Å²) in [6.07, 6.45) is 1.36. The van der Waals surface area contributed by atoms with E-state index < -0.39 is 16.3 Å². The summed E-state index contributed by atoms with van der Waals surface area (Å²) in [5.74, 6) is -0.194. The quantitative estimate of drug-likeness (QED) is 0.366. The number of ether oxygens (including phenoxy) is 2. The van der Waals surface area contributed by atoms with E-state index in [1.807, 2.05) is 30.3 Å². The molecule has 0 spiro atoms. The number of esters is 1. The Balaban J connectivity index is 1.88. The van der Waals surface area contributed by atoms with E-state index in [0.717, 1.165) is 5.56 Å². The molecular weight excluding hydrogens is 298 g/mol. The fourth-order valence-electron chi connectivity index (χ4n) is 2.54. The Hall–Kier alpha value is -2.89. The lowest BCUT2D eigenvalue weighted by Gasteiger charge is -2.14. The number of nitro benzene ring substituents is 1. The average Bonchev–Trinajstić information content (AvgIpc) is 3.37. The second-order valence-corrected chi connectivity index (χ2v) is 5.43. The van der Waals surface area contributed by atoms with Gasteiger partial charge in [-0.3, -0.25) is 14.9 Å². The standard InChI is InChI=1S/C17H15NO5/c1-22-13-7-8-15(14(11-13)18(20)21)23-16(19)17(9-10-17)12-5-3-2-4-6-12/h2-8,11H,9-10H2,1H3. The van der Waals surface area contributed by atoms with Gasteiger partial charge < -0.3 is 9.47 Å². The molecule has 3 rings (SSSR count). The maximum absolute atomic E-state index is 12.6. The summed E-state index contributed by atoms with van der Waals surface area (Å²) in [6, 6.07) is 13.5. The fourth-order valence-corrected chi connectivity index (χ4v) is 2.54. The molecule has 0 radical (unpaired) electrons. The van der Waals surface area contributed by atoms with E-state index in [0.29, 0.717) is 18.6 Å². The Morgan fingerprint density at radius 2 is 1.87 bits per heavy atom. The van der Waals surface area contributed by atoms with Crippen LogP contribution < -0.4 is 9.47 Å². The van der Waals surface area contributed by atoms with Crippen molar-refractivity contribution in [1.82, 2.24) is 0 Å². The first-order valence-electron chi connectivity index (χ1n) is 7.17. The van der Waals surface area contributed by atoms with E-state index in [2.05, 4.69) is 0 Å². The van der Waals surface area contributed by atoms with Crippen LogP contribution in [0.2, 0.25) is 0 Å². The van der Waals surface area contributed by atoms with Crippen molar-refractivity contribution in [1.29, 1.82) is 0 Å². The molecule has 1 aliphatic carbocycles. The zero-order chi connectivity index (χ0) is 16.4. The van der Waals surface area contributed by atoms with E-state index in [1.165, 1.54) is 25.3 Å². The van der Waals surface area contributed by atoms with E-state index in [9.17, 15) is 14.9 Å². The molecular formula is C17H15NO5. The highest BCUT2D eigenvalue weighted by atomic mass is 16.6. The van der Waals surface area contributed by atoms with Crippen LogP contribution in [0.1, 0.15) is 18.4 Å². The van der Waals surface area contributed by atoms with Gasteiger partial charge in [0.2, 0.25) is 5.75 Å². The molecule has 23 heavy (non-hydrogen) atoms. The van der Waals surface area contributed by atoms with E-state index in [1.54, 1.807) is 0 Å². The minimum Gasteiger partial charge on any atom is -0.496 e. The molecule has 6 nitrogen and oxygen atoms in total. The highest BCUT2D eigenvalue weighted by Gasteiger charge is 2.53. The Labute approximate surface area is 132 Å². The molecule has 118 valence electrons. The largest absolute Gasteiger partial charge is 0.496 e. The Bertz CT molecular complexity index is 753. The van der Waals surface area contributed by atoms with Crippen LogP contribution in [0.15, 0.2) is 48.5 Å². The molecule has 0 saturated heterocycles. The van der Waals surface area contributed by atoms with Gasteiger partial charge in [-0.15, -0.1) is 0 Å². The lowest BCUT2D eigenvalue weighted by Crippen LogP contribution is -2.26. The molecule has 0 aromatic heterocycles. The zero-order valence-electron chi connectivity index (χ0n) is 12.5. The third-order valence-electron chi connectivity index (χ3n) is 4.03. The number of methoxy groups -OCH3 is 1. The van der Waals surface area contributed by atoms with Gasteiger partial charge in [0.25, 0.3) is 0 Å². The van der Waals surface area contributed by atoms with Gasteiger partial charge in [-0.2, -0.15) is 0 Å². The summed E-state index contributed by atoms with van der Waals surface area (Å²) in [6.45, 7) is 0. The summed E-state index contributed by atoms with van der Waals surface area (Å²) >= 11 is 0. The van der Waals surface area contributed by atoms with Crippen LogP contribution in [0.25, 0.3) is 0 Å². The second-order valence-electron chi connectivity index (χ2n) is 5.43. The minimum atomic E-state index is -0.685. The number of rotatable bonds is 5. The molecule has 2 aromatic carbocycles. The van der Waals surface area contributed by atoms with Gasteiger partial charge in [0.15, 0.2) is 0 Å². The van der Waals surface area contributed by atoms with Crippen LogP contribution in [0.3, 0.4) is 0 Å². The SMILES string of the molecule is COc1ccc(OC(=O)C2(c3ccccc3)CC2)c([N+](=O)[O-])c1. The number of carbonyl (C=O) groups excluding carboxylic acids is 1. The Morgan fingerprint density at radius 1 is 1.17 bits per heavy atom. The van der Waals surface area contributed by atoms with Crippen LogP contribution >= 0.6 is 0 Å². The van der Waals surface area contributed by atoms with Crippen molar-refractivity contribution >= 4 is 11.7 Å². The van der Waals surface area contributed by atoms with Gasteiger partial charge in [0.05, 0.1) is 23.5 Å². The van der Waals surface area contributed by atoms with E-state index in [4.69, 9.17) is 9.47 Å². The van der Waals surface area contributed by atoms with Gasteiger partial charge >= 0.3 is 11.7 Å². The van der Waals surface area contributed by atoms with Gasteiger partial charge in [0.1, 0.15) is 5.75 Å². The third kappa shape index (κ3) is 2.75. The van der Waals surface area contributed by atoms with Crippen molar-refractivity contribution < 1.29 is 19.2 Å². The number of benzene rings is 2. The van der Waals surface area contributed by atoms with Gasteiger partial charge in [0, 0.05) is 0 Å². The van der Waals surface area contributed by atoms with Crippen molar-refractivity contribution in [3.63, 3.8) is 0 Å². The molecule has 2 aromatic rings. The monoisotopic (exact) mass is 313 g/mol. The van der Waals surface area contributed by atoms with Crippen molar-refractivity contribution in [2.24, 2.45) is 0 Å². The molecule has 0 amide bonds. The molecule has 0 aliphatic heterocycles. The predicted molar refractivity (Wildman–Crippen MR) is 82.6 cm³/mol. The smallest absolute Gasteiger partial charge is 0.322 e. The zero-order valence-corrected chi connectivity index (χ0v) is 12.5. The first-order chi connectivity index (χ1) is 11.1. The summed E-state index contributed by atoms with van der Waals surface area (Å²) in [7, 11) is 1.42. The van der Waals surface area contributed by atoms with Crippen molar-refractivity contribution in [2.45, 2.75) is 18.3 Å². The Kier molecular flexibility index (Phi) is 3.73. The number of hydrogen-bond donors (Lipinski definition) is 0. The van der Waals surface area contributed by atoms with E-state index >= 15 is 0 Å². The summed E-state index contributed by atoms with van der Waals surface area (Å²) in [5.41, 5.74) is -0.0996. The van der Waals surface area contributed by atoms with Gasteiger partial charge in [-0.25, -0.2) is 0 Å². The molecule has 1 fully saturated rings. The van der Waals surface area contributed by atoms with Crippen molar-refractivity contribution in [3.05, 3.63) is 64.2 Å². The van der Waals surface area contributed by atoms with Crippen LogP contribution in [-0.2, 0) is 10.2 Å². The number of carbonyl (C=O) groups is 1. The molecule has 6 heteroatoms. The highest BCUT2D eigenvalue weighted by molar-refractivity contribution is 5.88. The lowest BCUT2D eigenvalue weighted by molar-refractivity contribution is -0.385. The first-order valence-corrected chi connectivity index (χ1v) is 7.17. The number of nitrogens with zero attached hydrogens (tertiary/aromatic N) is 1. The fraction of sp³-hybridized carbons (Fsp3) is 0.235. The molecule has 0 atom stereocenters. The van der Waals surface area contributed by atoms with Crippen LogP contribution in [-0.4, -0.2) is 18.0 Å². The van der Waals surface area contributed by atoms with Crippen LogP contribution in [0, 0.1) is 10.1 Å². The average molecular weight is 313 g/mol. The van der Waals surface area contributed by atoms with E-state index in [-0.39, 0.29) is 11.4 Å². The second kappa shape index (κ2) is 5.72. The molecule has 1 saturated carbocycles.